The van der Waals surface area contributed by atoms with Crippen LogP contribution in [0.5, 0.6) is 0 Å². The van der Waals surface area contributed by atoms with E-state index >= 15 is 0 Å². The molecule has 0 aliphatic carbocycles. The first-order chi connectivity index (χ1) is 6.79. The highest BCUT2D eigenvalue weighted by molar-refractivity contribution is 14.1. The minimum atomic E-state index is 1.07. The van der Waals surface area contributed by atoms with Crippen LogP contribution in [0.25, 0.3) is 0 Å². The maximum absolute atomic E-state index is 3.79. The molecule has 0 bridgehead atoms. The van der Waals surface area contributed by atoms with Gasteiger partial charge in [0, 0.05) is 17.2 Å². The van der Waals surface area contributed by atoms with Crippen LogP contribution < -0.4 is 5.32 Å². The molecule has 0 rings (SSSR count). The summed E-state index contributed by atoms with van der Waals surface area (Å²) in [4.78, 5) is 0. The minimum Gasteiger partial charge on any atom is -0.388 e. The Morgan fingerprint density at radius 1 is 1.43 bits per heavy atom. The topological polar surface area (TPSA) is 12.0 Å². The minimum absolute atomic E-state index is 1.07. The summed E-state index contributed by atoms with van der Waals surface area (Å²) in [5, 5.41) is 3.15. The smallest absolute Gasteiger partial charge is 0.0364 e. The molecule has 14 heavy (non-hydrogen) atoms. The van der Waals surface area contributed by atoms with E-state index in [1.165, 1.54) is 5.57 Å². The normalized spacial score (nSPS) is 13.4. The van der Waals surface area contributed by atoms with Gasteiger partial charge < -0.3 is 5.32 Å². The summed E-state index contributed by atoms with van der Waals surface area (Å²) in [5.41, 5.74) is 2.41. The van der Waals surface area contributed by atoms with E-state index in [0.717, 1.165) is 16.5 Å². The van der Waals surface area contributed by atoms with Crippen molar-refractivity contribution >= 4 is 22.6 Å². The molecule has 1 nitrogen and oxygen atoms in total. The molecule has 0 fully saturated rings. The second kappa shape index (κ2) is 9.06. The van der Waals surface area contributed by atoms with Crippen molar-refractivity contribution in [1.29, 1.82) is 0 Å². The summed E-state index contributed by atoms with van der Waals surface area (Å²) < 4.78 is 1.12. The Labute approximate surface area is 101 Å². The Bertz CT molecular complexity index is 249. The van der Waals surface area contributed by atoms with Crippen molar-refractivity contribution < 1.29 is 0 Å². The molecular formula is C12H18IN. The molecule has 0 saturated heterocycles. The van der Waals surface area contributed by atoms with Gasteiger partial charge >= 0.3 is 0 Å². The quantitative estimate of drug-likeness (QED) is 0.449. The highest BCUT2D eigenvalue weighted by atomic mass is 127. The lowest BCUT2D eigenvalue weighted by molar-refractivity contribution is 0.985. The number of likely N-dealkylation sites (N-methyl/N-ethyl adjacent to an activating group) is 1. The van der Waals surface area contributed by atoms with Gasteiger partial charge in [-0.15, -0.1) is 0 Å². The van der Waals surface area contributed by atoms with E-state index in [9.17, 15) is 0 Å². The molecule has 0 atom stereocenters. The van der Waals surface area contributed by atoms with E-state index in [1.54, 1.807) is 0 Å². The third-order valence-corrected chi connectivity index (χ3v) is 2.32. The van der Waals surface area contributed by atoms with Gasteiger partial charge in [-0.05, 0) is 25.0 Å². The van der Waals surface area contributed by atoms with Crippen molar-refractivity contribution in [2.24, 2.45) is 0 Å². The summed E-state index contributed by atoms with van der Waals surface area (Å²) in [7, 11) is 1.92. The average Bonchev–Trinajstić information content (AvgIpc) is 2.20. The molecule has 0 spiro atoms. The standard InChI is InChI=1S/C12H18IN/c1-4-6-7-8-11(9-10-13)12(5-2)14-3/h4-8,14H,2,9-10H2,1,3H3/b6-4+,8-7-,12-11-. The van der Waals surface area contributed by atoms with Crippen molar-refractivity contribution in [2.75, 3.05) is 11.5 Å². The second-order valence-corrected chi connectivity index (χ2v) is 3.80. The molecule has 0 aliphatic heterocycles. The zero-order valence-corrected chi connectivity index (χ0v) is 11.0. The summed E-state index contributed by atoms with van der Waals surface area (Å²) in [6, 6.07) is 0. The molecule has 0 aromatic carbocycles. The maximum Gasteiger partial charge on any atom is 0.0364 e. The molecular weight excluding hydrogens is 285 g/mol. The van der Waals surface area contributed by atoms with Crippen LogP contribution in [0.15, 0.2) is 48.2 Å². The first kappa shape index (κ1) is 13.5. The van der Waals surface area contributed by atoms with Crippen molar-refractivity contribution in [2.45, 2.75) is 13.3 Å². The Kier molecular flexibility index (Phi) is 8.73. The molecule has 0 amide bonds. The SMILES string of the molecule is C=C\C(NC)=C(/C=C\C=C\C)CCI. The molecule has 1 N–H and O–H groups in total. The highest BCUT2D eigenvalue weighted by Gasteiger charge is 1.97. The van der Waals surface area contributed by atoms with Gasteiger partial charge in [-0.3, -0.25) is 0 Å². The van der Waals surface area contributed by atoms with Crippen LogP contribution in [0.3, 0.4) is 0 Å². The molecule has 0 aromatic heterocycles. The van der Waals surface area contributed by atoms with Gasteiger partial charge in [0.1, 0.15) is 0 Å². The van der Waals surface area contributed by atoms with Crippen LogP contribution in [0.1, 0.15) is 13.3 Å². The predicted octanol–water partition coefficient (Wildman–Crippen LogP) is 3.60. The summed E-state index contributed by atoms with van der Waals surface area (Å²) >= 11 is 2.38. The Hall–Kier alpha value is -0.510. The molecule has 0 heterocycles. The number of hydrogen-bond acceptors (Lipinski definition) is 1. The Balaban J connectivity index is 4.71. The van der Waals surface area contributed by atoms with E-state index in [4.69, 9.17) is 0 Å². The van der Waals surface area contributed by atoms with Crippen molar-refractivity contribution in [1.82, 2.24) is 5.32 Å². The molecule has 0 radical (unpaired) electrons. The van der Waals surface area contributed by atoms with Crippen molar-refractivity contribution in [3.05, 3.63) is 48.2 Å². The maximum atomic E-state index is 3.79. The van der Waals surface area contributed by atoms with Gasteiger partial charge in [-0.25, -0.2) is 0 Å². The van der Waals surface area contributed by atoms with Gasteiger partial charge in [0.2, 0.25) is 0 Å². The Morgan fingerprint density at radius 3 is 2.57 bits per heavy atom. The molecule has 0 unspecified atom stereocenters. The first-order valence-electron chi connectivity index (χ1n) is 4.68. The fraction of sp³-hybridized carbons (Fsp3) is 0.333. The number of halogens is 1. The summed E-state index contributed by atoms with van der Waals surface area (Å²) in [6.07, 6.45) is 11.2. The van der Waals surface area contributed by atoms with Gasteiger partial charge in [0.15, 0.2) is 0 Å². The first-order valence-corrected chi connectivity index (χ1v) is 6.21. The average molecular weight is 303 g/mol. The number of nitrogens with one attached hydrogen (secondary N) is 1. The van der Waals surface area contributed by atoms with Crippen LogP contribution in [0.4, 0.5) is 0 Å². The second-order valence-electron chi connectivity index (χ2n) is 2.72. The third kappa shape index (κ3) is 5.27. The van der Waals surface area contributed by atoms with Crippen LogP contribution >= 0.6 is 22.6 Å². The largest absolute Gasteiger partial charge is 0.388 e. The van der Waals surface area contributed by atoms with Gasteiger partial charge in [-0.1, -0.05) is 53.5 Å². The third-order valence-electron chi connectivity index (χ3n) is 1.78. The molecule has 0 saturated carbocycles. The Morgan fingerprint density at radius 2 is 2.14 bits per heavy atom. The zero-order valence-electron chi connectivity index (χ0n) is 8.89. The molecule has 2 heteroatoms. The van der Waals surface area contributed by atoms with Gasteiger partial charge in [-0.2, -0.15) is 0 Å². The number of allylic oxidation sites excluding steroid dienone is 6. The van der Waals surface area contributed by atoms with Crippen LogP contribution in [-0.4, -0.2) is 11.5 Å². The lowest BCUT2D eigenvalue weighted by Crippen LogP contribution is -2.06. The lowest BCUT2D eigenvalue weighted by Gasteiger charge is -2.06. The number of hydrogen-bond donors (Lipinski definition) is 1. The van der Waals surface area contributed by atoms with Gasteiger partial charge in [0.25, 0.3) is 0 Å². The predicted molar refractivity (Wildman–Crippen MR) is 73.7 cm³/mol. The van der Waals surface area contributed by atoms with Crippen LogP contribution in [0.2, 0.25) is 0 Å². The highest BCUT2D eigenvalue weighted by Crippen LogP contribution is 2.11. The van der Waals surface area contributed by atoms with E-state index in [-0.39, 0.29) is 0 Å². The summed E-state index contributed by atoms with van der Waals surface area (Å²) in [6.45, 7) is 5.80. The summed E-state index contributed by atoms with van der Waals surface area (Å²) in [5.74, 6) is 0. The fourth-order valence-corrected chi connectivity index (χ4v) is 1.67. The van der Waals surface area contributed by atoms with Gasteiger partial charge in [0.05, 0.1) is 0 Å². The molecule has 78 valence electrons. The van der Waals surface area contributed by atoms with Crippen LogP contribution in [-0.2, 0) is 0 Å². The monoisotopic (exact) mass is 303 g/mol. The van der Waals surface area contributed by atoms with E-state index in [1.807, 2.05) is 32.2 Å². The van der Waals surface area contributed by atoms with E-state index < -0.39 is 0 Å². The molecule has 0 aliphatic rings. The fourth-order valence-electron chi connectivity index (χ4n) is 1.09. The zero-order chi connectivity index (χ0) is 10.8. The van der Waals surface area contributed by atoms with Crippen molar-refractivity contribution in [3.63, 3.8) is 0 Å². The lowest BCUT2D eigenvalue weighted by atomic mass is 10.1. The number of rotatable bonds is 6. The number of alkyl halides is 1. The van der Waals surface area contributed by atoms with E-state index in [2.05, 4.69) is 46.6 Å². The van der Waals surface area contributed by atoms with Crippen LogP contribution in [0, 0.1) is 0 Å². The molecule has 0 aromatic rings. The van der Waals surface area contributed by atoms with Crippen molar-refractivity contribution in [3.8, 4) is 0 Å². The van der Waals surface area contributed by atoms with E-state index in [0.29, 0.717) is 0 Å².